The highest BCUT2D eigenvalue weighted by Gasteiger charge is 2.29. The molecule has 0 aliphatic carbocycles. The first-order chi connectivity index (χ1) is 11.2. The summed E-state index contributed by atoms with van der Waals surface area (Å²) in [6.45, 7) is 5.00. The SMILES string of the molecule is CCOP(OCC)C(c1ccccc1)c1cc(OC)ccc1O. The van der Waals surface area contributed by atoms with Crippen LogP contribution in [0.15, 0.2) is 48.5 Å². The normalized spacial score (nSPS) is 12.3. The van der Waals surface area contributed by atoms with E-state index < -0.39 is 8.38 Å². The number of hydrogen-bond acceptors (Lipinski definition) is 4. The Hall–Kier alpha value is -1.61. The molecule has 0 saturated heterocycles. The van der Waals surface area contributed by atoms with Crippen molar-refractivity contribution in [2.45, 2.75) is 19.5 Å². The summed E-state index contributed by atoms with van der Waals surface area (Å²) in [6.07, 6.45) is 0. The van der Waals surface area contributed by atoms with Crippen molar-refractivity contribution in [1.82, 2.24) is 0 Å². The van der Waals surface area contributed by atoms with Crippen LogP contribution in [0.4, 0.5) is 0 Å². The van der Waals surface area contributed by atoms with E-state index in [1.54, 1.807) is 19.2 Å². The topological polar surface area (TPSA) is 47.9 Å². The van der Waals surface area contributed by atoms with Gasteiger partial charge in [-0.05, 0) is 37.6 Å². The maximum Gasteiger partial charge on any atom is 0.183 e. The number of rotatable bonds is 8. The summed E-state index contributed by atoms with van der Waals surface area (Å²) in [6, 6.07) is 15.2. The molecule has 5 heteroatoms. The Morgan fingerprint density at radius 3 is 2.22 bits per heavy atom. The molecule has 0 aliphatic heterocycles. The number of phenols is 1. The lowest BCUT2D eigenvalue weighted by atomic mass is 10.0. The molecule has 2 rings (SSSR count). The standard InChI is InChI=1S/C18H23O4P/c1-4-21-23(22-5-2)18(14-9-7-6-8-10-14)16-13-15(20-3)11-12-17(16)19/h6-13,18-19H,4-5H2,1-3H3. The van der Waals surface area contributed by atoms with Crippen LogP contribution in [-0.2, 0) is 9.05 Å². The lowest BCUT2D eigenvalue weighted by molar-refractivity contribution is 0.264. The van der Waals surface area contributed by atoms with Gasteiger partial charge in [-0.1, -0.05) is 30.3 Å². The Kier molecular flexibility index (Phi) is 6.85. The van der Waals surface area contributed by atoms with Gasteiger partial charge in [0.15, 0.2) is 8.38 Å². The molecule has 0 saturated carbocycles. The van der Waals surface area contributed by atoms with Crippen molar-refractivity contribution >= 4 is 8.38 Å². The molecule has 4 nitrogen and oxygen atoms in total. The van der Waals surface area contributed by atoms with Crippen molar-refractivity contribution in [2.75, 3.05) is 20.3 Å². The molecule has 2 aromatic carbocycles. The minimum absolute atomic E-state index is 0.179. The molecule has 23 heavy (non-hydrogen) atoms. The fourth-order valence-corrected chi connectivity index (χ4v) is 4.10. The maximum atomic E-state index is 10.4. The number of ether oxygens (including phenoxy) is 1. The van der Waals surface area contributed by atoms with Gasteiger partial charge in [0.05, 0.1) is 26.0 Å². The first-order valence-corrected chi connectivity index (χ1v) is 8.92. The van der Waals surface area contributed by atoms with Gasteiger partial charge >= 0.3 is 0 Å². The van der Waals surface area contributed by atoms with Gasteiger partial charge in [-0.2, -0.15) is 0 Å². The smallest absolute Gasteiger partial charge is 0.183 e. The number of aromatic hydroxyl groups is 1. The summed E-state index contributed by atoms with van der Waals surface area (Å²) in [7, 11) is 0.387. The van der Waals surface area contributed by atoms with Gasteiger partial charge in [0, 0.05) is 5.56 Å². The van der Waals surface area contributed by atoms with Gasteiger partial charge in [0.25, 0.3) is 0 Å². The van der Waals surface area contributed by atoms with Crippen LogP contribution in [-0.4, -0.2) is 25.4 Å². The van der Waals surface area contributed by atoms with E-state index in [0.29, 0.717) is 19.0 Å². The number of methoxy groups -OCH3 is 1. The quantitative estimate of drug-likeness (QED) is 0.699. The van der Waals surface area contributed by atoms with Crippen molar-refractivity contribution in [1.29, 1.82) is 0 Å². The lowest BCUT2D eigenvalue weighted by Crippen LogP contribution is -2.05. The van der Waals surface area contributed by atoms with Gasteiger partial charge in [0.2, 0.25) is 0 Å². The third-order valence-corrected chi connectivity index (χ3v) is 5.39. The summed E-state index contributed by atoms with van der Waals surface area (Å²) >= 11 is 0. The van der Waals surface area contributed by atoms with E-state index in [0.717, 1.165) is 11.1 Å². The van der Waals surface area contributed by atoms with Crippen molar-refractivity contribution in [3.8, 4) is 11.5 Å². The van der Waals surface area contributed by atoms with E-state index in [2.05, 4.69) is 0 Å². The molecule has 124 valence electrons. The van der Waals surface area contributed by atoms with Gasteiger partial charge in [-0.3, -0.25) is 0 Å². The Labute approximate surface area is 138 Å². The second-order valence-corrected chi connectivity index (χ2v) is 6.46. The monoisotopic (exact) mass is 334 g/mol. The zero-order chi connectivity index (χ0) is 16.7. The van der Waals surface area contributed by atoms with Crippen LogP contribution < -0.4 is 4.74 Å². The van der Waals surface area contributed by atoms with Crippen LogP contribution >= 0.6 is 8.38 Å². The number of benzene rings is 2. The van der Waals surface area contributed by atoms with Crippen LogP contribution in [0.25, 0.3) is 0 Å². The van der Waals surface area contributed by atoms with Gasteiger partial charge < -0.3 is 18.9 Å². The van der Waals surface area contributed by atoms with Crippen molar-refractivity contribution in [3.05, 3.63) is 59.7 Å². The zero-order valence-electron chi connectivity index (χ0n) is 13.7. The van der Waals surface area contributed by atoms with E-state index in [9.17, 15) is 5.11 Å². The summed E-state index contributed by atoms with van der Waals surface area (Å²) < 4.78 is 17.1. The molecule has 0 amide bonds. The van der Waals surface area contributed by atoms with Gasteiger partial charge in [0.1, 0.15) is 11.5 Å². The molecular formula is C18H23O4P. The van der Waals surface area contributed by atoms with E-state index in [-0.39, 0.29) is 11.4 Å². The van der Waals surface area contributed by atoms with E-state index >= 15 is 0 Å². The fourth-order valence-electron chi connectivity index (χ4n) is 2.37. The molecule has 0 aliphatic rings. The molecule has 0 heterocycles. The molecule has 0 bridgehead atoms. The molecule has 0 aromatic heterocycles. The summed E-state index contributed by atoms with van der Waals surface area (Å²) in [5.74, 6) is 0.910. The molecule has 0 radical (unpaired) electrons. The number of phenolic OH excluding ortho intramolecular Hbond substituents is 1. The van der Waals surface area contributed by atoms with Crippen molar-refractivity contribution < 1.29 is 18.9 Å². The van der Waals surface area contributed by atoms with Crippen LogP contribution in [0, 0.1) is 0 Å². The highest BCUT2D eigenvalue weighted by Crippen LogP contribution is 2.58. The minimum atomic E-state index is -1.23. The van der Waals surface area contributed by atoms with Gasteiger partial charge in [-0.15, -0.1) is 0 Å². The third kappa shape index (κ3) is 4.44. The molecule has 1 atom stereocenters. The second kappa shape index (κ2) is 8.88. The third-order valence-electron chi connectivity index (χ3n) is 3.37. The fraction of sp³-hybridized carbons (Fsp3) is 0.333. The van der Waals surface area contributed by atoms with E-state index in [4.69, 9.17) is 13.8 Å². The van der Waals surface area contributed by atoms with Crippen LogP contribution in [0.5, 0.6) is 11.5 Å². The minimum Gasteiger partial charge on any atom is -0.508 e. The molecule has 0 fully saturated rings. The maximum absolute atomic E-state index is 10.4. The van der Waals surface area contributed by atoms with Crippen molar-refractivity contribution in [3.63, 3.8) is 0 Å². The average Bonchev–Trinajstić information content (AvgIpc) is 2.58. The molecule has 2 aromatic rings. The van der Waals surface area contributed by atoms with Crippen LogP contribution in [0.1, 0.15) is 30.6 Å². The Bertz CT molecular complexity index is 597. The average molecular weight is 334 g/mol. The Morgan fingerprint density at radius 1 is 1.00 bits per heavy atom. The highest BCUT2D eigenvalue weighted by molar-refractivity contribution is 7.48. The lowest BCUT2D eigenvalue weighted by Gasteiger charge is -2.27. The highest BCUT2D eigenvalue weighted by atomic mass is 31.2. The summed E-state index contributed by atoms with van der Waals surface area (Å²) in [5, 5.41) is 10.4. The number of hydrogen-bond donors (Lipinski definition) is 1. The predicted molar refractivity (Wildman–Crippen MR) is 93.1 cm³/mol. The molecule has 0 spiro atoms. The Balaban J connectivity index is 2.52. The van der Waals surface area contributed by atoms with Crippen molar-refractivity contribution in [2.24, 2.45) is 0 Å². The predicted octanol–water partition coefficient (Wildman–Crippen LogP) is 4.88. The first kappa shape index (κ1) is 17.7. The largest absolute Gasteiger partial charge is 0.508 e. The van der Waals surface area contributed by atoms with Crippen LogP contribution in [0.2, 0.25) is 0 Å². The zero-order valence-corrected chi connectivity index (χ0v) is 14.6. The Morgan fingerprint density at radius 2 is 1.65 bits per heavy atom. The molecule has 1 unspecified atom stereocenters. The molecular weight excluding hydrogens is 311 g/mol. The van der Waals surface area contributed by atoms with E-state index in [1.807, 2.05) is 50.2 Å². The summed E-state index contributed by atoms with van der Waals surface area (Å²) in [4.78, 5) is 0. The second-order valence-electron chi connectivity index (χ2n) is 4.86. The summed E-state index contributed by atoms with van der Waals surface area (Å²) in [5.41, 5.74) is 1.62. The first-order valence-electron chi connectivity index (χ1n) is 7.68. The van der Waals surface area contributed by atoms with E-state index in [1.165, 1.54) is 0 Å². The van der Waals surface area contributed by atoms with Crippen LogP contribution in [0.3, 0.4) is 0 Å². The molecule has 1 N–H and O–H groups in total. The van der Waals surface area contributed by atoms with Gasteiger partial charge in [-0.25, -0.2) is 0 Å².